The normalized spacial score (nSPS) is 11.4. The second-order valence-corrected chi connectivity index (χ2v) is 9.65. The van der Waals surface area contributed by atoms with E-state index < -0.39 is 21.3 Å². The van der Waals surface area contributed by atoms with Crippen LogP contribution in [-0.4, -0.2) is 28.8 Å². The van der Waals surface area contributed by atoms with Crippen molar-refractivity contribution in [3.8, 4) is 11.8 Å². The number of sulfonamides is 1. The summed E-state index contributed by atoms with van der Waals surface area (Å²) in [6.07, 6.45) is 1.52. The molecule has 2 heterocycles. The fourth-order valence-electron chi connectivity index (χ4n) is 3.31. The summed E-state index contributed by atoms with van der Waals surface area (Å²) in [7, 11) is -3.53. The maximum atomic E-state index is 13.3. The maximum absolute atomic E-state index is 13.3. The van der Waals surface area contributed by atoms with Crippen LogP contribution in [0.3, 0.4) is 0 Å². The van der Waals surface area contributed by atoms with E-state index in [9.17, 15) is 18.0 Å². The van der Waals surface area contributed by atoms with Crippen LogP contribution in [0, 0.1) is 11.3 Å². The van der Waals surface area contributed by atoms with Crippen LogP contribution in [0.5, 0.6) is 0 Å². The van der Waals surface area contributed by atoms with E-state index in [1.54, 1.807) is 24.3 Å². The van der Waals surface area contributed by atoms with Gasteiger partial charge in [-0.15, -0.1) is 11.3 Å². The van der Waals surface area contributed by atoms with Crippen LogP contribution in [0.15, 0.2) is 63.6 Å². The molecule has 0 bridgehead atoms. The summed E-state index contributed by atoms with van der Waals surface area (Å²) in [6, 6.07) is 15.2. The van der Waals surface area contributed by atoms with Gasteiger partial charge >= 0.3 is 5.69 Å². The summed E-state index contributed by atoms with van der Waals surface area (Å²) in [4.78, 5) is 31.0. The second kappa shape index (κ2) is 8.41. The van der Waals surface area contributed by atoms with Crippen molar-refractivity contribution in [1.82, 2.24) is 14.1 Å². The van der Waals surface area contributed by atoms with Crippen molar-refractivity contribution in [3.05, 3.63) is 86.0 Å². The number of nitrogens with zero attached hydrogens (tertiary/aromatic N) is 4. The van der Waals surface area contributed by atoms with E-state index in [0.29, 0.717) is 23.4 Å². The molecule has 0 aliphatic carbocycles. The molecule has 162 valence electrons. The Balaban J connectivity index is 1.80. The van der Waals surface area contributed by atoms with Gasteiger partial charge in [-0.25, -0.2) is 22.8 Å². The molecule has 0 unspecified atom stereocenters. The minimum atomic E-state index is -3.53. The molecule has 1 N–H and O–H groups in total. The van der Waals surface area contributed by atoms with E-state index in [-0.39, 0.29) is 16.9 Å². The topological polar surface area (TPSA) is 127 Å². The molecule has 0 fully saturated rings. The monoisotopic (exact) mass is 467 g/mol. The molecule has 4 rings (SSSR count). The van der Waals surface area contributed by atoms with E-state index in [1.807, 2.05) is 12.1 Å². The molecule has 0 amide bonds. The Hall–Kier alpha value is -3.75. The van der Waals surface area contributed by atoms with Crippen molar-refractivity contribution in [3.63, 3.8) is 0 Å². The zero-order valence-electron chi connectivity index (χ0n) is 16.8. The van der Waals surface area contributed by atoms with E-state index >= 15 is 0 Å². The smallest absolute Gasteiger partial charge is 0.284 e. The molecule has 9 nitrogen and oxygen atoms in total. The average Bonchev–Trinajstić information content (AvgIpc) is 3.23. The highest BCUT2D eigenvalue weighted by molar-refractivity contribution is 7.92. The maximum Gasteiger partial charge on any atom is 0.336 e. The number of rotatable bonds is 6. The van der Waals surface area contributed by atoms with E-state index in [0.717, 1.165) is 16.4 Å². The standard InChI is InChI=1S/C21H17N5O4S2/c1-32(29,30)24-16-3-2-4-17(11-16)26-19(27)18-20(31-13-23-18)25(21(26)28)10-9-14-5-7-15(12-22)8-6-14/h2-8,11,13,24H,9-10H2,1H3. The van der Waals surface area contributed by atoms with Crippen LogP contribution >= 0.6 is 11.3 Å². The van der Waals surface area contributed by atoms with Gasteiger partial charge in [-0.05, 0) is 42.3 Å². The number of benzene rings is 2. The predicted octanol–water partition coefficient (Wildman–Crippen LogP) is 2.09. The van der Waals surface area contributed by atoms with Crippen molar-refractivity contribution in [1.29, 1.82) is 5.26 Å². The third-order valence-corrected chi connectivity index (χ3v) is 6.19. The Morgan fingerprint density at radius 3 is 2.59 bits per heavy atom. The van der Waals surface area contributed by atoms with Crippen molar-refractivity contribution in [2.24, 2.45) is 0 Å². The van der Waals surface area contributed by atoms with Gasteiger partial charge in [0, 0.05) is 6.54 Å². The first-order valence-corrected chi connectivity index (χ1v) is 12.2. The molecule has 11 heteroatoms. The summed E-state index contributed by atoms with van der Waals surface area (Å²) in [5.41, 5.74) is 2.51. The van der Waals surface area contributed by atoms with Crippen molar-refractivity contribution < 1.29 is 8.42 Å². The third kappa shape index (κ3) is 4.32. The summed E-state index contributed by atoms with van der Waals surface area (Å²) in [6.45, 7) is 0.297. The molecule has 0 saturated carbocycles. The Morgan fingerprint density at radius 2 is 1.91 bits per heavy atom. The van der Waals surface area contributed by atoms with Gasteiger partial charge in [0.1, 0.15) is 4.83 Å². The number of aromatic nitrogens is 3. The van der Waals surface area contributed by atoms with Crippen molar-refractivity contribution in [2.45, 2.75) is 13.0 Å². The van der Waals surface area contributed by atoms with Crippen molar-refractivity contribution >= 4 is 37.4 Å². The van der Waals surface area contributed by atoms with Crippen LogP contribution in [-0.2, 0) is 23.0 Å². The van der Waals surface area contributed by atoms with Crippen LogP contribution in [0.1, 0.15) is 11.1 Å². The molecule has 2 aromatic heterocycles. The predicted molar refractivity (Wildman–Crippen MR) is 123 cm³/mol. The Kier molecular flexibility index (Phi) is 5.65. The Morgan fingerprint density at radius 1 is 1.16 bits per heavy atom. The van der Waals surface area contributed by atoms with Gasteiger partial charge in [-0.2, -0.15) is 5.26 Å². The first-order valence-electron chi connectivity index (χ1n) is 9.43. The highest BCUT2D eigenvalue weighted by atomic mass is 32.2. The zero-order valence-corrected chi connectivity index (χ0v) is 18.5. The summed E-state index contributed by atoms with van der Waals surface area (Å²) in [5.74, 6) is 0. The van der Waals surface area contributed by atoms with E-state index in [4.69, 9.17) is 5.26 Å². The van der Waals surface area contributed by atoms with Gasteiger partial charge in [-0.3, -0.25) is 14.1 Å². The molecule has 32 heavy (non-hydrogen) atoms. The number of nitriles is 1. The highest BCUT2D eigenvalue weighted by Gasteiger charge is 2.17. The fraction of sp³-hybridized carbons (Fsp3) is 0.143. The number of anilines is 1. The van der Waals surface area contributed by atoms with E-state index in [1.165, 1.54) is 33.5 Å². The summed E-state index contributed by atoms with van der Waals surface area (Å²) >= 11 is 1.20. The van der Waals surface area contributed by atoms with Gasteiger partial charge in [0.15, 0.2) is 5.52 Å². The fourth-order valence-corrected chi connectivity index (χ4v) is 4.67. The van der Waals surface area contributed by atoms with Gasteiger partial charge < -0.3 is 0 Å². The van der Waals surface area contributed by atoms with Crippen molar-refractivity contribution in [2.75, 3.05) is 11.0 Å². The summed E-state index contributed by atoms with van der Waals surface area (Å²) in [5, 5.41) is 8.94. The highest BCUT2D eigenvalue weighted by Crippen LogP contribution is 2.17. The molecule has 0 radical (unpaired) electrons. The Bertz CT molecular complexity index is 1580. The molecule has 0 aliphatic heterocycles. The van der Waals surface area contributed by atoms with Crippen LogP contribution < -0.4 is 16.0 Å². The number of aryl methyl sites for hydroxylation is 2. The first-order chi connectivity index (χ1) is 15.3. The molecule has 0 atom stereocenters. The number of nitrogens with one attached hydrogen (secondary N) is 1. The number of hydrogen-bond donors (Lipinski definition) is 1. The first kappa shape index (κ1) is 21.5. The minimum Gasteiger partial charge on any atom is -0.284 e. The van der Waals surface area contributed by atoms with Gasteiger partial charge in [0.05, 0.1) is 34.8 Å². The number of thiazole rings is 1. The third-order valence-electron chi connectivity index (χ3n) is 4.74. The van der Waals surface area contributed by atoms with Crippen LogP contribution in [0.4, 0.5) is 5.69 Å². The summed E-state index contributed by atoms with van der Waals surface area (Å²) < 4.78 is 28.0. The lowest BCUT2D eigenvalue weighted by atomic mass is 10.1. The van der Waals surface area contributed by atoms with E-state index in [2.05, 4.69) is 15.8 Å². The van der Waals surface area contributed by atoms with Gasteiger partial charge in [-0.1, -0.05) is 18.2 Å². The second-order valence-electron chi connectivity index (χ2n) is 7.06. The number of fused-ring (bicyclic) bond motifs is 1. The minimum absolute atomic E-state index is 0.163. The lowest BCUT2D eigenvalue weighted by molar-refractivity contribution is 0.607. The lowest BCUT2D eigenvalue weighted by Gasteiger charge is -2.13. The molecule has 2 aromatic carbocycles. The Labute approximate surface area is 186 Å². The molecule has 0 saturated heterocycles. The molecule has 0 aliphatic rings. The van der Waals surface area contributed by atoms with Crippen LogP contribution in [0.2, 0.25) is 0 Å². The largest absolute Gasteiger partial charge is 0.336 e. The molecule has 4 aromatic rings. The molecular weight excluding hydrogens is 450 g/mol. The molecular formula is C21H17N5O4S2. The van der Waals surface area contributed by atoms with Crippen LogP contribution in [0.25, 0.3) is 16.0 Å². The van der Waals surface area contributed by atoms with Gasteiger partial charge in [0.25, 0.3) is 5.56 Å². The number of hydrogen-bond acceptors (Lipinski definition) is 7. The lowest BCUT2D eigenvalue weighted by Crippen LogP contribution is -2.39. The SMILES string of the molecule is CS(=O)(=O)Nc1cccc(-n2c(=O)c3ncsc3n(CCc3ccc(C#N)cc3)c2=O)c1. The quantitative estimate of drug-likeness (QED) is 0.463. The average molecular weight is 468 g/mol. The molecule has 0 spiro atoms. The zero-order chi connectivity index (χ0) is 22.9. The van der Waals surface area contributed by atoms with Gasteiger partial charge in [0.2, 0.25) is 10.0 Å².